The first-order valence-corrected chi connectivity index (χ1v) is 18.0. The summed E-state index contributed by atoms with van der Waals surface area (Å²) in [5, 5.41) is 3.81. The Balaban J connectivity index is 1.72. The van der Waals surface area contributed by atoms with Crippen LogP contribution in [0, 0.1) is 0 Å². The molecule has 1 N–H and O–H groups in total. The molecule has 262 valence electrons. The third-order valence-electron chi connectivity index (χ3n) is 8.22. The number of aliphatic imine (C=N–C) groups is 1. The number of halogens is 2. The number of carbonyl (C=O) groups is 2. The topological polar surface area (TPSA) is 130 Å². The van der Waals surface area contributed by atoms with Crippen molar-refractivity contribution >= 4 is 51.0 Å². The summed E-state index contributed by atoms with van der Waals surface area (Å²) in [7, 11) is -1.07. The highest BCUT2D eigenvalue weighted by atomic mass is 35.5. The molecule has 0 bridgehead atoms. The van der Waals surface area contributed by atoms with E-state index in [1.54, 1.807) is 30.3 Å². The van der Waals surface area contributed by atoms with E-state index in [-0.39, 0.29) is 69.2 Å². The van der Waals surface area contributed by atoms with Crippen LogP contribution in [0.3, 0.4) is 0 Å². The van der Waals surface area contributed by atoms with E-state index < -0.39 is 28.1 Å². The lowest BCUT2D eigenvalue weighted by Gasteiger charge is -2.36. The van der Waals surface area contributed by atoms with Crippen LogP contribution in [-0.4, -0.2) is 107 Å². The summed E-state index contributed by atoms with van der Waals surface area (Å²) in [5.41, 5.74) is 1.79. The maximum atomic E-state index is 14.7. The molecule has 3 amide bonds. The molecule has 49 heavy (non-hydrogen) atoms. The Bertz CT molecular complexity index is 1770. The van der Waals surface area contributed by atoms with Crippen molar-refractivity contribution in [3.63, 3.8) is 0 Å². The number of benzene rings is 3. The van der Waals surface area contributed by atoms with E-state index >= 15 is 0 Å². The number of hydrogen-bond acceptors (Lipinski definition) is 8. The van der Waals surface area contributed by atoms with Crippen molar-refractivity contribution < 1.29 is 32.2 Å². The van der Waals surface area contributed by atoms with E-state index in [0.717, 1.165) is 11.1 Å². The Morgan fingerprint density at radius 1 is 0.959 bits per heavy atom. The Hall–Kier alpha value is -3.72. The summed E-state index contributed by atoms with van der Waals surface area (Å²) < 4.78 is 45.9. The fourth-order valence-corrected chi connectivity index (χ4v) is 7.51. The van der Waals surface area contributed by atoms with Gasteiger partial charge in [-0.15, -0.1) is 0 Å². The second-order valence-electron chi connectivity index (χ2n) is 11.4. The van der Waals surface area contributed by atoms with E-state index in [1.807, 2.05) is 31.2 Å². The number of nitrogens with one attached hydrogen (secondary N) is 1. The molecular weight excluding hydrogens is 693 g/mol. The van der Waals surface area contributed by atoms with Gasteiger partial charge in [0.25, 0.3) is 0 Å². The van der Waals surface area contributed by atoms with Gasteiger partial charge >= 0.3 is 6.03 Å². The van der Waals surface area contributed by atoms with Crippen molar-refractivity contribution in [2.45, 2.75) is 23.9 Å². The number of ether oxygens (including phenoxy) is 3. The summed E-state index contributed by atoms with van der Waals surface area (Å²) in [4.78, 5) is 35.2. The zero-order valence-electron chi connectivity index (χ0n) is 27.5. The zero-order chi connectivity index (χ0) is 35.1. The Labute approximate surface area is 296 Å². The van der Waals surface area contributed by atoms with Crippen LogP contribution in [0.15, 0.2) is 76.6 Å². The highest BCUT2D eigenvalue weighted by Gasteiger charge is 2.45. The number of urea groups is 1. The summed E-state index contributed by atoms with van der Waals surface area (Å²) in [6, 6.07) is 17.0. The molecular formula is C34H39Cl2N5O7S. The average Bonchev–Trinajstić information content (AvgIpc) is 3.49. The number of amides is 3. The summed E-state index contributed by atoms with van der Waals surface area (Å²) in [6.45, 7) is 3.04. The molecule has 1 saturated heterocycles. The second-order valence-corrected chi connectivity index (χ2v) is 14.2. The minimum Gasteiger partial charge on any atom is -0.493 e. The first-order valence-electron chi connectivity index (χ1n) is 15.8. The number of sulfonamides is 1. The minimum absolute atomic E-state index is 0.0244. The molecule has 3 aromatic carbocycles. The molecule has 0 spiro atoms. The van der Waals surface area contributed by atoms with Crippen molar-refractivity contribution in [3.05, 3.63) is 93.5 Å². The van der Waals surface area contributed by atoms with Gasteiger partial charge in [0.1, 0.15) is 24.2 Å². The lowest BCUT2D eigenvalue weighted by atomic mass is 9.93. The van der Waals surface area contributed by atoms with Gasteiger partial charge in [0, 0.05) is 50.4 Å². The number of methoxy groups -OCH3 is 2. The minimum atomic E-state index is -4.07. The second kappa shape index (κ2) is 16.3. The van der Waals surface area contributed by atoms with Gasteiger partial charge in [0.2, 0.25) is 15.9 Å². The zero-order valence-corrected chi connectivity index (χ0v) is 29.8. The molecule has 1 fully saturated rings. The molecule has 0 radical (unpaired) electrons. The van der Waals surface area contributed by atoms with Gasteiger partial charge in [-0.1, -0.05) is 47.5 Å². The Kier molecular flexibility index (Phi) is 12.2. The third kappa shape index (κ3) is 8.19. The maximum Gasteiger partial charge on any atom is 0.326 e. The molecule has 0 aliphatic carbocycles. The van der Waals surface area contributed by atoms with Gasteiger partial charge in [0.05, 0.1) is 36.3 Å². The van der Waals surface area contributed by atoms with Crippen LogP contribution in [0.4, 0.5) is 4.79 Å². The molecule has 5 rings (SSSR count). The van der Waals surface area contributed by atoms with E-state index in [2.05, 4.69) is 5.32 Å². The van der Waals surface area contributed by atoms with Crippen LogP contribution in [0.1, 0.15) is 35.7 Å². The first-order chi connectivity index (χ1) is 23.6. The molecule has 12 nitrogen and oxygen atoms in total. The molecule has 2 aliphatic heterocycles. The van der Waals surface area contributed by atoms with Crippen LogP contribution in [0.25, 0.3) is 0 Å². The van der Waals surface area contributed by atoms with Crippen LogP contribution in [-0.2, 0) is 24.3 Å². The number of piperazine rings is 1. The third-order valence-corrected chi connectivity index (χ3v) is 10.6. The standard InChI is InChI=1S/C34H39Cl2N5O7S/c1-4-48-29-14-13-27(49(44,45)40(17-19-46-2)18-20-47-3)21-28(29)33-38-31(23-5-9-25(35)10-6-23)32(24-7-11-26(36)12-8-24)41(33)34(43)39-16-15-37-30(42)22-39/h5-14,21,31-32H,4,15-20,22H2,1-3H3,(H,37,42)/t31-,32+/m0/s1. The van der Waals surface area contributed by atoms with E-state index in [0.29, 0.717) is 21.4 Å². The van der Waals surface area contributed by atoms with Gasteiger partial charge < -0.3 is 24.4 Å². The Morgan fingerprint density at radius 2 is 1.57 bits per heavy atom. The summed E-state index contributed by atoms with van der Waals surface area (Å²) in [5.74, 6) is 0.239. The van der Waals surface area contributed by atoms with E-state index in [9.17, 15) is 18.0 Å². The molecule has 0 aromatic heterocycles. The highest BCUT2D eigenvalue weighted by Crippen LogP contribution is 2.46. The van der Waals surface area contributed by atoms with Gasteiger partial charge in [-0.3, -0.25) is 14.7 Å². The lowest BCUT2D eigenvalue weighted by Crippen LogP contribution is -2.55. The largest absolute Gasteiger partial charge is 0.493 e. The average molecular weight is 733 g/mol. The van der Waals surface area contributed by atoms with Crippen molar-refractivity contribution in [3.8, 4) is 5.75 Å². The molecule has 0 saturated carbocycles. The van der Waals surface area contributed by atoms with Crippen molar-refractivity contribution in [2.75, 3.05) is 66.8 Å². The van der Waals surface area contributed by atoms with Crippen molar-refractivity contribution in [1.82, 2.24) is 19.4 Å². The SMILES string of the molecule is CCOc1ccc(S(=O)(=O)N(CCOC)CCOC)cc1C1=N[C@@H](c2ccc(Cl)cc2)[C@@H](c2ccc(Cl)cc2)N1C(=O)N1CCNC(=O)C1. The molecule has 15 heteroatoms. The molecule has 0 unspecified atom stereocenters. The quantitative estimate of drug-likeness (QED) is 0.268. The normalized spacial score (nSPS) is 18.1. The number of amidine groups is 1. The van der Waals surface area contributed by atoms with Crippen LogP contribution in [0.5, 0.6) is 5.75 Å². The predicted octanol–water partition coefficient (Wildman–Crippen LogP) is 4.77. The molecule has 2 heterocycles. The molecule has 2 aliphatic rings. The van der Waals surface area contributed by atoms with Gasteiger partial charge in [-0.2, -0.15) is 4.31 Å². The van der Waals surface area contributed by atoms with Gasteiger partial charge in [0.15, 0.2) is 0 Å². The van der Waals surface area contributed by atoms with Crippen LogP contribution < -0.4 is 10.1 Å². The predicted molar refractivity (Wildman–Crippen MR) is 187 cm³/mol. The van der Waals surface area contributed by atoms with Crippen molar-refractivity contribution in [2.24, 2.45) is 4.99 Å². The smallest absolute Gasteiger partial charge is 0.326 e. The lowest BCUT2D eigenvalue weighted by molar-refractivity contribution is -0.123. The number of hydrogen-bond donors (Lipinski definition) is 1. The number of carbonyl (C=O) groups excluding carboxylic acids is 2. The fraction of sp³-hybridized carbons (Fsp3) is 0.382. The Morgan fingerprint density at radius 3 is 2.14 bits per heavy atom. The van der Waals surface area contributed by atoms with E-state index in [1.165, 1.54) is 40.5 Å². The van der Waals surface area contributed by atoms with Gasteiger partial charge in [-0.25, -0.2) is 13.2 Å². The monoisotopic (exact) mass is 731 g/mol. The van der Waals surface area contributed by atoms with Crippen LogP contribution in [0.2, 0.25) is 10.0 Å². The van der Waals surface area contributed by atoms with Crippen molar-refractivity contribution in [1.29, 1.82) is 0 Å². The highest BCUT2D eigenvalue weighted by molar-refractivity contribution is 7.89. The van der Waals surface area contributed by atoms with E-state index in [4.69, 9.17) is 42.4 Å². The summed E-state index contributed by atoms with van der Waals surface area (Å²) in [6.07, 6.45) is 0. The molecule has 3 aromatic rings. The fourth-order valence-electron chi connectivity index (χ4n) is 5.82. The summed E-state index contributed by atoms with van der Waals surface area (Å²) >= 11 is 12.5. The first kappa shape index (κ1) is 36.6. The maximum absolute atomic E-state index is 14.7. The number of nitrogens with zero attached hydrogens (tertiary/aromatic N) is 4. The molecule has 2 atom stereocenters. The van der Waals surface area contributed by atoms with Gasteiger partial charge in [-0.05, 0) is 60.5 Å². The van der Waals surface area contributed by atoms with Crippen LogP contribution >= 0.6 is 23.2 Å². The number of rotatable bonds is 13.